The number of quaternary nitrogens is 1. The minimum absolute atomic E-state index is 0.00158. The van der Waals surface area contributed by atoms with Crippen LogP contribution in [0.5, 0.6) is 0 Å². The first-order valence-electron chi connectivity index (χ1n) is 11.6. The molecule has 194 valence electrons. The second kappa shape index (κ2) is 9.28. The molecule has 4 N–H and O–H groups in total. The van der Waals surface area contributed by atoms with Crippen LogP contribution in [0, 0.1) is 5.41 Å². The highest BCUT2D eigenvalue weighted by Gasteiger charge is 2.55. The molecular weight excluding hydrogens is 510 g/mol. The Morgan fingerprint density at radius 1 is 1.36 bits per heavy atom. The number of fused-ring (bicyclic) bond motifs is 4. The van der Waals surface area contributed by atoms with Gasteiger partial charge in [-0.25, -0.2) is 0 Å². The average Bonchev–Trinajstić information content (AvgIpc) is 3.31. The fourth-order valence-corrected chi connectivity index (χ4v) is 7.39. The zero-order chi connectivity index (χ0) is 25.7. The molecule has 0 saturated carbocycles. The minimum atomic E-state index is -1.39. The molecule has 0 aromatic carbocycles. The van der Waals surface area contributed by atoms with Gasteiger partial charge in [0.15, 0.2) is 5.13 Å². The number of carboxylic acid groups (broad SMARTS) is 1. The van der Waals surface area contributed by atoms with Gasteiger partial charge in [-0.15, -0.1) is 11.8 Å². The molecule has 36 heavy (non-hydrogen) atoms. The Labute approximate surface area is 215 Å². The highest BCUT2D eigenvalue weighted by atomic mass is 32.2. The van der Waals surface area contributed by atoms with E-state index < -0.39 is 29.2 Å². The van der Waals surface area contributed by atoms with E-state index >= 15 is 0 Å². The summed E-state index contributed by atoms with van der Waals surface area (Å²) in [6.07, 6.45) is 2.73. The molecule has 2 amide bonds. The van der Waals surface area contributed by atoms with Gasteiger partial charge in [0.25, 0.3) is 11.8 Å². The Morgan fingerprint density at radius 3 is 2.61 bits per heavy atom. The molecule has 4 saturated heterocycles. The van der Waals surface area contributed by atoms with Crippen molar-refractivity contribution in [3.8, 4) is 0 Å². The topological polar surface area (TPSA) is 183 Å². The van der Waals surface area contributed by atoms with Gasteiger partial charge in [-0.3, -0.25) is 14.5 Å². The summed E-state index contributed by atoms with van der Waals surface area (Å²) in [5.74, 6) is -2.27. The van der Waals surface area contributed by atoms with Crippen molar-refractivity contribution >= 4 is 51.9 Å². The average molecular weight is 538 g/mol. The van der Waals surface area contributed by atoms with Crippen LogP contribution in [0.25, 0.3) is 0 Å². The highest BCUT2D eigenvalue weighted by Crippen LogP contribution is 2.46. The number of amides is 2. The molecule has 5 aliphatic heterocycles. The van der Waals surface area contributed by atoms with Crippen LogP contribution in [0.3, 0.4) is 0 Å². The minimum Gasteiger partial charge on any atom is -0.543 e. The first-order valence-corrected chi connectivity index (χ1v) is 13.4. The number of piperidine rings is 3. The number of nitrogens with zero attached hydrogens (tertiary/aromatic N) is 5. The highest BCUT2D eigenvalue weighted by molar-refractivity contribution is 8.00. The number of nitrogen functional groups attached to an aromatic ring is 1. The predicted molar refractivity (Wildman–Crippen MR) is 128 cm³/mol. The van der Waals surface area contributed by atoms with Crippen LogP contribution in [0.1, 0.15) is 25.1 Å². The lowest BCUT2D eigenvalue weighted by Crippen LogP contribution is -2.72. The van der Waals surface area contributed by atoms with E-state index in [4.69, 9.17) is 10.6 Å². The van der Waals surface area contributed by atoms with Crippen LogP contribution in [-0.2, 0) is 19.2 Å². The number of carbonyl (C=O) groups is 3. The summed E-state index contributed by atoms with van der Waals surface area (Å²) in [5, 5.41) is 27.8. The van der Waals surface area contributed by atoms with Crippen molar-refractivity contribution < 1.29 is 33.9 Å². The van der Waals surface area contributed by atoms with Crippen molar-refractivity contribution in [2.75, 3.05) is 51.4 Å². The third-order valence-corrected chi connectivity index (χ3v) is 9.67. The maximum atomic E-state index is 13.1. The number of thioether (sulfide) groups is 1. The summed E-state index contributed by atoms with van der Waals surface area (Å²) >= 11 is 2.29. The molecule has 0 aliphatic carbocycles. The number of hydrogen-bond donors (Lipinski definition) is 3. The lowest BCUT2D eigenvalue weighted by atomic mass is 9.71. The number of aliphatic hydroxyl groups is 1. The van der Waals surface area contributed by atoms with Gasteiger partial charge in [0.1, 0.15) is 25.1 Å². The van der Waals surface area contributed by atoms with Crippen LogP contribution in [-0.4, -0.2) is 104 Å². The van der Waals surface area contributed by atoms with Crippen molar-refractivity contribution in [1.29, 1.82) is 0 Å². The fourth-order valence-electron chi connectivity index (χ4n) is 5.62. The molecule has 0 unspecified atom stereocenters. The smallest absolute Gasteiger partial charge is 0.278 e. The number of aromatic nitrogens is 2. The van der Waals surface area contributed by atoms with E-state index in [2.05, 4.69) is 19.8 Å². The summed E-state index contributed by atoms with van der Waals surface area (Å²) in [4.78, 5) is 48.0. The number of nitrogens with two attached hydrogens (primary N) is 1. The van der Waals surface area contributed by atoms with Crippen molar-refractivity contribution in [3.05, 3.63) is 17.1 Å². The Kier molecular flexibility index (Phi) is 6.43. The Morgan fingerprint density at radius 2 is 2.06 bits per heavy atom. The maximum absolute atomic E-state index is 13.1. The third kappa shape index (κ3) is 4.13. The molecule has 5 aliphatic rings. The number of anilines is 1. The van der Waals surface area contributed by atoms with E-state index in [0.29, 0.717) is 17.9 Å². The summed E-state index contributed by atoms with van der Waals surface area (Å²) < 4.78 is 4.73. The number of hydrogen-bond acceptors (Lipinski definition) is 12. The summed E-state index contributed by atoms with van der Waals surface area (Å²) in [6, 6.07) is -0.946. The monoisotopic (exact) mass is 537 g/mol. The van der Waals surface area contributed by atoms with E-state index in [1.807, 2.05) is 0 Å². The number of β-lactam (4-membered cyclic amide) rings is 1. The normalized spacial score (nSPS) is 31.7. The summed E-state index contributed by atoms with van der Waals surface area (Å²) in [5.41, 5.74) is 5.94. The van der Waals surface area contributed by atoms with Crippen molar-refractivity contribution in [1.82, 2.24) is 19.6 Å². The SMILES string of the molecule is CO/N=C(\C(=O)N[C@@H]1C(=O)N2C(C(=O)[O-])=C(C[N+]34CCC(CO)(CC3)CC4)CS[C@H]12)c1nsc(N)n1. The number of carboxylic acids is 1. The zero-order valence-corrected chi connectivity index (χ0v) is 21.3. The number of carbonyl (C=O) groups excluding carboxylic acids is 3. The molecular formula is C21H27N7O6S2. The predicted octanol–water partition coefficient (Wildman–Crippen LogP) is -2.13. The van der Waals surface area contributed by atoms with E-state index in [0.717, 1.165) is 54.9 Å². The second-order valence-electron chi connectivity index (χ2n) is 9.76. The number of aliphatic carboxylic acids is 1. The Hall–Kier alpha value is -2.75. The van der Waals surface area contributed by atoms with E-state index in [-0.39, 0.29) is 34.4 Å². The first-order chi connectivity index (χ1) is 17.2. The van der Waals surface area contributed by atoms with Gasteiger partial charge in [-0.1, -0.05) is 5.16 Å². The number of nitrogens with one attached hydrogen (secondary N) is 1. The standard InChI is InChI=1S/C21H27N7O6S2/c1-34-25-12(15-24-20(22)36-26-15)16(30)23-13-17(31)27-14(19(32)33)11(9-35-18(13)27)8-28-5-2-21(10-29,3-6-28)4-7-28/h13,18,29H,2-10H2,1H3,(H3-,22,23,24,26,30,32,33)/b25-12-/t13-,18-,21?,28?/m1/s1. The lowest BCUT2D eigenvalue weighted by Gasteiger charge is -2.56. The molecule has 2 atom stereocenters. The summed E-state index contributed by atoms with van der Waals surface area (Å²) in [7, 11) is 1.26. The van der Waals surface area contributed by atoms with Gasteiger partial charge in [0, 0.05) is 54.1 Å². The third-order valence-electron chi connectivity index (χ3n) is 7.79. The van der Waals surface area contributed by atoms with Gasteiger partial charge in [0.05, 0.1) is 31.3 Å². The van der Waals surface area contributed by atoms with Crippen LogP contribution < -0.4 is 16.2 Å². The number of aliphatic hydroxyl groups excluding tert-OH is 1. The Bertz CT molecular complexity index is 1140. The van der Waals surface area contributed by atoms with E-state index in [9.17, 15) is 24.6 Å². The second-order valence-corrected chi connectivity index (χ2v) is 11.6. The van der Waals surface area contributed by atoms with E-state index in [1.165, 1.54) is 23.8 Å². The van der Waals surface area contributed by atoms with Gasteiger partial charge >= 0.3 is 0 Å². The molecule has 1 aromatic rings. The molecule has 0 radical (unpaired) electrons. The molecule has 15 heteroatoms. The van der Waals surface area contributed by atoms with Crippen LogP contribution in [0.4, 0.5) is 5.13 Å². The van der Waals surface area contributed by atoms with E-state index in [1.54, 1.807) is 0 Å². The fraction of sp³-hybridized carbons (Fsp3) is 0.619. The molecule has 13 nitrogen and oxygen atoms in total. The van der Waals surface area contributed by atoms with Crippen LogP contribution in [0.15, 0.2) is 16.4 Å². The molecule has 1 aromatic heterocycles. The zero-order valence-electron chi connectivity index (χ0n) is 19.6. The Balaban J connectivity index is 1.32. The molecule has 0 spiro atoms. The number of rotatable bonds is 8. The van der Waals surface area contributed by atoms with Gasteiger partial charge in [0.2, 0.25) is 11.5 Å². The summed E-state index contributed by atoms with van der Waals surface area (Å²) in [6.45, 7) is 3.36. The lowest BCUT2D eigenvalue weighted by molar-refractivity contribution is -0.941. The quantitative estimate of drug-likeness (QED) is 0.143. The van der Waals surface area contributed by atoms with Crippen LogP contribution in [0.2, 0.25) is 0 Å². The largest absolute Gasteiger partial charge is 0.543 e. The number of oxime groups is 1. The van der Waals surface area contributed by atoms with Crippen molar-refractivity contribution in [2.45, 2.75) is 30.7 Å². The molecule has 6 rings (SSSR count). The van der Waals surface area contributed by atoms with Crippen molar-refractivity contribution in [3.63, 3.8) is 0 Å². The van der Waals surface area contributed by atoms with Crippen LogP contribution >= 0.6 is 23.3 Å². The molecule has 2 bridgehead atoms. The van der Waals surface area contributed by atoms with Crippen molar-refractivity contribution in [2.24, 2.45) is 10.6 Å². The first kappa shape index (κ1) is 24.9. The molecule has 6 heterocycles. The van der Waals surface area contributed by atoms with Gasteiger partial charge in [-0.05, 0) is 0 Å². The van der Waals surface area contributed by atoms with Gasteiger partial charge < -0.3 is 35.4 Å². The maximum Gasteiger partial charge on any atom is 0.278 e. The molecule has 4 fully saturated rings. The van der Waals surface area contributed by atoms with Gasteiger partial charge in [-0.2, -0.15) is 9.36 Å².